The smallest absolute Gasteiger partial charge is 0.0512 e. The SMILES string of the molecule is CCCCCC(C)O.CCCCCCC(C)O. The third kappa shape index (κ3) is 25.9. The largest absolute Gasteiger partial charge is 0.393 e. The van der Waals surface area contributed by atoms with Gasteiger partial charge >= 0.3 is 0 Å². The lowest BCUT2D eigenvalue weighted by atomic mass is 10.1. The van der Waals surface area contributed by atoms with Gasteiger partial charge in [0, 0.05) is 0 Å². The van der Waals surface area contributed by atoms with Crippen LogP contribution in [0.25, 0.3) is 0 Å². The predicted molar refractivity (Wildman–Crippen MR) is 76.3 cm³/mol. The lowest BCUT2D eigenvalue weighted by Crippen LogP contribution is -1.97. The Hall–Kier alpha value is -0.0800. The van der Waals surface area contributed by atoms with Gasteiger partial charge in [-0.3, -0.25) is 0 Å². The summed E-state index contributed by atoms with van der Waals surface area (Å²) in [5.74, 6) is 0. The van der Waals surface area contributed by atoms with Crippen molar-refractivity contribution in [1.29, 1.82) is 0 Å². The van der Waals surface area contributed by atoms with Crippen molar-refractivity contribution >= 4 is 0 Å². The van der Waals surface area contributed by atoms with E-state index in [1.54, 1.807) is 0 Å². The minimum absolute atomic E-state index is 0.0955. The number of unbranched alkanes of at least 4 members (excludes halogenated alkanes) is 5. The van der Waals surface area contributed by atoms with Crippen LogP contribution in [0.1, 0.15) is 85.5 Å². The topological polar surface area (TPSA) is 40.5 Å². The van der Waals surface area contributed by atoms with Crippen molar-refractivity contribution < 1.29 is 10.2 Å². The summed E-state index contributed by atoms with van der Waals surface area (Å²) in [6.45, 7) is 8.06. The molecule has 106 valence electrons. The summed E-state index contributed by atoms with van der Waals surface area (Å²) in [4.78, 5) is 0. The van der Waals surface area contributed by atoms with Gasteiger partial charge in [0.15, 0.2) is 0 Å². The minimum atomic E-state index is -0.0958. The van der Waals surface area contributed by atoms with E-state index in [4.69, 9.17) is 10.2 Å². The lowest BCUT2D eigenvalue weighted by Gasteiger charge is -2.01. The first kappa shape index (κ1) is 19.3. The molecule has 0 aliphatic carbocycles. The van der Waals surface area contributed by atoms with Crippen LogP contribution < -0.4 is 0 Å². The average Bonchev–Trinajstić information content (AvgIpc) is 2.25. The highest BCUT2D eigenvalue weighted by atomic mass is 16.3. The number of rotatable bonds is 9. The van der Waals surface area contributed by atoms with Crippen molar-refractivity contribution in [3.05, 3.63) is 0 Å². The van der Waals surface area contributed by atoms with Crippen LogP contribution in [0.3, 0.4) is 0 Å². The molecular weight excluding hydrogens is 212 g/mol. The van der Waals surface area contributed by atoms with Gasteiger partial charge in [0.25, 0.3) is 0 Å². The van der Waals surface area contributed by atoms with E-state index in [1.807, 2.05) is 13.8 Å². The summed E-state index contributed by atoms with van der Waals surface area (Å²) < 4.78 is 0. The highest BCUT2D eigenvalue weighted by Crippen LogP contribution is 2.04. The molecule has 2 heteroatoms. The van der Waals surface area contributed by atoms with Crippen LogP contribution in [-0.2, 0) is 0 Å². The Morgan fingerprint density at radius 1 is 0.647 bits per heavy atom. The molecule has 0 bridgehead atoms. The van der Waals surface area contributed by atoms with Crippen LogP contribution >= 0.6 is 0 Å². The van der Waals surface area contributed by atoms with Gasteiger partial charge in [-0.05, 0) is 26.7 Å². The molecule has 2 atom stereocenters. The Morgan fingerprint density at radius 2 is 1.00 bits per heavy atom. The van der Waals surface area contributed by atoms with Gasteiger partial charge in [-0.15, -0.1) is 0 Å². The van der Waals surface area contributed by atoms with Gasteiger partial charge in [0.05, 0.1) is 12.2 Å². The molecule has 0 aliphatic rings. The molecule has 2 N–H and O–H groups in total. The van der Waals surface area contributed by atoms with Crippen molar-refractivity contribution in [2.75, 3.05) is 0 Å². The maximum Gasteiger partial charge on any atom is 0.0512 e. The van der Waals surface area contributed by atoms with Crippen LogP contribution in [0, 0.1) is 0 Å². The van der Waals surface area contributed by atoms with Gasteiger partial charge in [-0.2, -0.15) is 0 Å². The Bertz CT molecular complexity index is 122. The van der Waals surface area contributed by atoms with Gasteiger partial charge in [-0.1, -0.05) is 58.8 Å². The maximum atomic E-state index is 8.85. The molecule has 0 aliphatic heterocycles. The normalized spacial score (nSPS) is 13.8. The molecule has 0 amide bonds. The van der Waals surface area contributed by atoms with Crippen LogP contribution in [0.2, 0.25) is 0 Å². The summed E-state index contributed by atoms with van der Waals surface area (Å²) >= 11 is 0. The molecule has 0 saturated heterocycles. The number of aliphatic hydroxyl groups excluding tert-OH is 2. The summed E-state index contributed by atoms with van der Waals surface area (Å²) in [7, 11) is 0. The Balaban J connectivity index is 0. The number of hydrogen-bond donors (Lipinski definition) is 2. The van der Waals surface area contributed by atoms with E-state index in [1.165, 1.54) is 44.9 Å². The third-order valence-corrected chi connectivity index (χ3v) is 2.70. The van der Waals surface area contributed by atoms with Crippen molar-refractivity contribution in [3.63, 3.8) is 0 Å². The number of hydrogen-bond acceptors (Lipinski definition) is 2. The fourth-order valence-electron chi connectivity index (χ4n) is 1.56. The molecule has 0 rings (SSSR count). The zero-order valence-corrected chi connectivity index (χ0v) is 12.4. The van der Waals surface area contributed by atoms with Crippen LogP contribution in [-0.4, -0.2) is 22.4 Å². The second kappa shape index (κ2) is 15.9. The van der Waals surface area contributed by atoms with Gasteiger partial charge in [0.1, 0.15) is 0 Å². The quantitative estimate of drug-likeness (QED) is 0.596. The molecule has 2 unspecified atom stereocenters. The second-order valence-electron chi connectivity index (χ2n) is 5.04. The molecule has 0 radical (unpaired) electrons. The van der Waals surface area contributed by atoms with Crippen LogP contribution in [0.15, 0.2) is 0 Å². The molecule has 0 aromatic carbocycles. The molecule has 0 heterocycles. The van der Waals surface area contributed by atoms with E-state index < -0.39 is 0 Å². The highest BCUT2D eigenvalue weighted by molar-refractivity contribution is 4.47. The Labute approximate surface area is 108 Å². The number of aliphatic hydroxyl groups is 2. The summed E-state index contributed by atoms with van der Waals surface area (Å²) in [6.07, 6.45) is 10.5. The van der Waals surface area contributed by atoms with Crippen molar-refractivity contribution in [1.82, 2.24) is 0 Å². The zero-order valence-electron chi connectivity index (χ0n) is 12.4. The van der Waals surface area contributed by atoms with E-state index >= 15 is 0 Å². The van der Waals surface area contributed by atoms with Gasteiger partial charge < -0.3 is 10.2 Å². The average molecular weight is 246 g/mol. The standard InChI is InChI=1S/C8H18O.C7H16O/c1-3-4-5-6-7-8(2)9;1-3-4-5-6-7(2)8/h8-9H,3-7H2,1-2H3;7-8H,3-6H2,1-2H3. The molecule has 0 saturated carbocycles. The van der Waals surface area contributed by atoms with E-state index in [2.05, 4.69) is 13.8 Å². The summed E-state index contributed by atoms with van der Waals surface area (Å²) in [5, 5.41) is 17.6. The molecular formula is C15H34O2. The van der Waals surface area contributed by atoms with E-state index in [0.717, 1.165) is 12.8 Å². The molecule has 0 aromatic rings. The molecule has 0 fully saturated rings. The first-order valence-corrected chi connectivity index (χ1v) is 7.40. The third-order valence-electron chi connectivity index (χ3n) is 2.70. The molecule has 2 nitrogen and oxygen atoms in total. The van der Waals surface area contributed by atoms with Gasteiger partial charge in [0.2, 0.25) is 0 Å². The Kier molecular flexibility index (Phi) is 18.0. The highest BCUT2D eigenvalue weighted by Gasteiger charge is 1.93. The summed E-state index contributed by atoms with van der Waals surface area (Å²) in [5.41, 5.74) is 0. The fourth-order valence-corrected chi connectivity index (χ4v) is 1.56. The van der Waals surface area contributed by atoms with Crippen LogP contribution in [0.4, 0.5) is 0 Å². The van der Waals surface area contributed by atoms with Crippen molar-refractivity contribution in [2.24, 2.45) is 0 Å². The van der Waals surface area contributed by atoms with Gasteiger partial charge in [-0.25, -0.2) is 0 Å². The van der Waals surface area contributed by atoms with E-state index in [-0.39, 0.29) is 12.2 Å². The van der Waals surface area contributed by atoms with E-state index in [9.17, 15) is 0 Å². The Morgan fingerprint density at radius 3 is 1.35 bits per heavy atom. The monoisotopic (exact) mass is 246 g/mol. The zero-order chi connectivity index (χ0) is 13.5. The summed E-state index contributed by atoms with van der Waals surface area (Å²) in [6, 6.07) is 0. The predicted octanol–water partition coefficient (Wildman–Crippen LogP) is 4.29. The first-order valence-electron chi connectivity index (χ1n) is 7.40. The van der Waals surface area contributed by atoms with Crippen molar-refractivity contribution in [3.8, 4) is 0 Å². The maximum absolute atomic E-state index is 8.85. The van der Waals surface area contributed by atoms with Crippen molar-refractivity contribution in [2.45, 2.75) is 97.7 Å². The lowest BCUT2D eigenvalue weighted by molar-refractivity contribution is 0.180. The fraction of sp³-hybridized carbons (Fsp3) is 1.00. The van der Waals surface area contributed by atoms with Crippen LogP contribution in [0.5, 0.6) is 0 Å². The minimum Gasteiger partial charge on any atom is -0.393 e. The molecule has 0 aromatic heterocycles. The van der Waals surface area contributed by atoms with E-state index in [0.29, 0.717) is 0 Å². The first-order chi connectivity index (χ1) is 8.04. The second-order valence-corrected chi connectivity index (χ2v) is 5.04. The molecule has 17 heavy (non-hydrogen) atoms. The molecule has 0 spiro atoms.